The Bertz CT molecular complexity index is 1350. The number of carbonyl (C=O) groups excluding carboxylic acids is 2. The highest BCUT2D eigenvalue weighted by Gasteiger charge is 2.26. The van der Waals surface area contributed by atoms with E-state index < -0.39 is 29.5 Å². The van der Waals surface area contributed by atoms with Crippen molar-refractivity contribution in [3.05, 3.63) is 108 Å². The minimum Gasteiger partial charge on any atom is -0.426 e. The van der Waals surface area contributed by atoms with Crippen molar-refractivity contribution >= 4 is 11.9 Å². The molecule has 4 aromatic carbocycles. The number of ether oxygens (including phenoxy) is 2. The van der Waals surface area contributed by atoms with Crippen LogP contribution in [0, 0.1) is 24.5 Å². The molecule has 176 valence electrons. The van der Waals surface area contributed by atoms with E-state index >= 15 is 0 Å². The highest BCUT2D eigenvalue weighted by Crippen LogP contribution is 2.27. The van der Waals surface area contributed by atoms with E-state index in [0.29, 0.717) is 11.3 Å². The van der Waals surface area contributed by atoms with Crippen LogP contribution < -0.4 is 9.47 Å². The Morgan fingerprint density at radius 3 is 1.71 bits per heavy atom. The first-order chi connectivity index (χ1) is 16.8. The summed E-state index contributed by atoms with van der Waals surface area (Å²) in [6.45, 7) is 3.37. The Balaban J connectivity index is 1.37. The molecule has 1 atom stereocenters. The summed E-state index contributed by atoms with van der Waals surface area (Å²) in [7, 11) is 0. The highest BCUT2D eigenvalue weighted by molar-refractivity contribution is 5.96. The maximum atomic E-state index is 14.5. The molecule has 0 aromatic heterocycles. The number of aryl methyl sites for hydroxylation is 1. The molecule has 4 aromatic rings. The Kier molecular flexibility index (Phi) is 7.01. The Labute approximate surface area is 201 Å². The normalized spacial score (nSPS) is 11.5. The number of hydrogen-bond acceptors (Lipinski definition) is 4. The van der Waals surface area contributed by atoms with E-state index in [1.807, 2.05) is 43.3 Å². The van der Waals surface area contributed by atoms with Crippen molar-refractivity contribution in [2.75, 3.05) is 0 Å². The summed E-state index contributed by atoms with van der Waals surface area (Å²) in [4.78, 5) is 24.9. The smallest absolute Gasteiger partial charge is 0.325 e. The molecule has 0 aliphatic carbocycles. The topological polar surface area (TPSA) is 52.6 Å². The summed E-state index contributed by atoms with van der Waals surface area (Å²) >= 11 is 0. The van der Waals surface area contributed by atoms with Crippen molar-refractivity contribution in [1.82, 2.24) is 0 Å². The lowest BCUT2D eigenvalue weighted by Gasteiger charge is -2.12. The second kappa shape index (κ2) is 10.3. The van der Waals surface area contributed by atoms with Gasteiger partial charge in [0, 0.05) is 11.6 Å². The molecule has 0 heterocycles. The average molecular weight is 472 g/mol. The lowest BCUT2D eigenvalue weighted by Crippen LogP contribution is -2.29. The van der Waals surface area contributed by atoms with Crippen molar-refractivity contribution in [1.29, 1.82) is 0 Å². The fraction of sp³-hybridized carbons (Fsp3) is 0.103. The van der Waals surface area contributed by atoms with Crippen LogP contribution in [0.25, 0.3) is 22.3 Å². The SMILES string of the molecule is Cc1ccc(-c2ccc(OC(=O)C(C)C(=O)Oc3ccc(-c4ccc(F)cc4)c(F)c3)cc2)cc1. The van der Waals surface area contributed by atoms with Crippen molar-refractivity contribution in [3.63, 3.8) is 0 Å². The van der Waals surface area contributed by atoms with Gasteiger partial charge in [0.25, 0.3) is 0 Å². The van der Waals surface area contributed by atoms with E-state index in [-0.39, 0.29) is 11.3 Å². The molecular weight excluding hydrogens is 450 g/mol. The van der Waals surface area contributed by atoms with Gasteiger partial charge in [-0.3, -0.25) is 9.59 Å². The van der Waals surface area contributed by atoms with Gasteiger partial charge in [-0.05, 0) is 66.9 Å². The van der Waals surface area contributed by atoms with Crippen LogP contribution in [-0.4, -0.2) is 11.9 Å². The van der Waals surface area contributed by atoms with Crippen molar-refractivity contribution < 1.29 is 27.8 Å². The summed E-state index contributed by atoms with van der Waals surface area (Å²) in [5.74, 6) is -3.73. The highest BCUT2D eigenvalue weighted by atomic mass is 19.1. The van der Waals surface area contributed by atoms with Crippen LogP contribution in [0.5, 0.6) is 11.5 Å². The van der Waals surface area contributed by atoms with E-state index in [9.17, 15) is 18.4 Å². The summed E-state index contributed by atoms with van der Waals surface area (Å²) in [5.41, 5.74) is 3.86. The standard InChI is InChI=1S/C29H22F2O4/c1-18-3-5-20(6-4-18)21-9-13-24(14-10-21)34-28(32)19(2)29(33)35-25-15-16-26(27(31)17-25)22-7-11-23(30)12-8-22/h3-17,19H,1-2H3. The van der Waals surface area contributed by atoms with Gasteiger partial charge < -0.3 is 9.47 Å². The van der Waals surface area contributed by atoms with Crippen molar-refractivity contribution in [3.8, 4) is 33.8 Å². The molecule has 0 saturated carbocycles. The van der Waals surface area contributed by atoms with Crippen LogP contribution in [-0.2, 0) is 9.59 Å². The minimum atomic E-state index is -1.23. The van der Waals surface area contributed by atoms with Gasteiger partial charge in [-0.25, -0.2) is 8.78 Å². The van der Waals surface area contributed by atoms with E-state index in [2.05, 4.69) is 0 Å². The monoisotopic (exact) mass is 472 g/mol. The van der Waals surface area contributed by atoms with Gasteiger partial charge in [0.2, 0.25) is 0 Å². The largest absolute Gasteiger partial charge is 0.426 e. The molecule has 4 rings (SSSR count). The lowest BCUT2D eigenvalue weighted by atomic mass is 10.0. The fourth-order valence-corrected chi connectivity index (χ4v) is 3.39. The second-order valence-electron chi connectivity index (χ2n) is 8.10. The van der Waals surface area contributed by atoms with Crippen LogP contribution in [0.2, 0.25) is 0 Å². The Morgan fingerprint density at radius 1 is 0.657 bits per heavy atom. The first-order valence-electron chi connectivity index (χ1n) is 11.0. The Hall–Kier alpha value is -4.32. The van der Waals surface area contributed by atoms with Gasteiger partial charge in [-0.2, -0.15) is 0 Å². The van der Waals surface area contributed by atoms with Crippen molar-refractivity contribution in [2.45, 2.75) is 13.8 Å². The molecule has 0 N–H and O–H groups in total. The quantitative estimate of drug-likeness (QED) is 0.177. The predicted molar refractivity (Wildman–Crippen MR) is 129 cm³/mol. The zero-order valence-electron chi connectivity index (χ0n) is 19.1. The molecule has 1 unspecified atom stereocenters. The summed E-state index contributed by atoms with van der Waals surface area (Å²) in [6.07, 6.45) is 0. The number of hydrogen-bond donors (Lipinski definition) is 0. The van der Waals surface area contributed by atoms with Gasteiger partial charge >= 0.3 is 11.9 Å². The summed E-state index contributed by atoms with van der Waals surface area (Å²) in [5, 5.41) is 0. The van der Waals surface area contributed by atoms with E-state index in [0.717, 1.165) is 22.8 Å². The number of carbonyl (C=O) groups is 2. The number of halogens is 2. The third kappa shape index (κ3) is 5.79. The zero-order chi connectivity index (χ0) is 24.9. The van der Waals surface area contributed by atoms with Crippen LogP contribution in [0.1, 0.15) is 12.5 Å². The molecule has 35 heavy (non-hydrogen) atoms. The van der Waals surface area contributed by atoms with Crippen molar-refractivity contribution in [2.24, 2.45) is 5.92 Å². The third-order valence-electron chi connectivity index (χ3n) is 5.48. The molecule has 0 radical (unpaired) electrons. The molecule has 4 nitrogen and oxygen atoms in total. The third-order valence-corrected chi connectivity index (χ3v) is 5.48. The number of benzene rings is 4. The second-order valence-corrected chi connectivity index (χ2v) is 8.10. The van der Waals surface area contributed by atoms with Crippen LogP contribution in [0.15, 0.2) is 91.0 Å². The van der Waals surface area contributed by atoms with Gasteiger partial charge in [-0.15, -0.1) is 0 Å². The van der Waals surface area contributed by atoms with Crippen LogP contribution in [0.4, 0.5) is 8.78 Å². The first-order valence-corrected chi connectivity index (χ1v) is 11.0. The summed E-state index contributed by atoms with van der Waals surface area (Å²) in [6, 6.07) is 24.2. The van der Waals surface area contributed by atoms with E-state index in [1.54, 1.807) is 12.1 Å². The molecule has 0 amide bonds. The minimum absolute atomic E-state index is 0.0551. The summed E-state index contributed by atoms with van der Waals surface area (Å²) < 4.78 is 38.1. The first kappa shape index (κ1) is 23.8. The molecule has 6 heteroatoms. The molecule has 0 bridgehead atoms. The molecular formula is C29H22F2O4. The number of esters is 2. The van der Waals surface area contributed by atoms with Crippen LogP contribution in [0.3, 0.4) is 0 Å². The fourth-order valence-electron chi connectivity index (χ4n) is 3.39. The molecule has 0 aliphatic rings. The maximum Gasteiger partial charge on any atom is 0.325 e. The lowest BCUT2D eigenvalue weighted by molar-refractivity contribution is -0.150. The number of rotatable bonds is 6. The van der Waals surface area contributed by atoms with Gasteiger partial charge in [0.1, 0.15) is 23.1 Å². The maximum absolute atomic E-state index is 14.5. The van der Waals surface area contributed by atoms with Gasteiger partial charge in [0.15, 0.2) is 5.92 Å². The van der Waals surface area contributed by atoms with Gasteiger partial charge in [0.05, 0.1) is 0 Å². The predicted octanol–water partition coefficient (Wildman–Crippen LogP) is 6.75. The molecule has 0 spiro atoms. The molecule has 0 fully saturated rings. The van der Waals surface area contributed by atoms with Crippen LogP contribution >= 0.6 is 0 Å². The van der Waals surface area contributed by atoms with E-state index in [4.69, 9.17) is 9.47 Å². The zero-order valence-corrected chi connectivity index (χ0v) is 19.1. The molecule has 0 aliphatic heterocycles. The Morgan fingerprint density at radius 2 is 1.14 bits per heavy atom. The van der Waals surface area contributed by atoms with Gasteiger partial charge in [-0.1, -0.05) is 54.1 Å². The van der Waals surface area contributed by atoms with E-state index in [1.165, 1.54) is 43.3 Å². The average Bonchev–Trinajstić information content (AvgIpc) is 2.85. The molecule has 0 saturated heterocycles.